The van der Waals surface area contributed by atoms with Crippen LogP contribution in [-0.4, -0.2) is 43.2 Å². The van der Waals surface area contributed by atoms with Gasteiger partial charge in [-0.05, 0) is 44.1 Å². The van der Waals surface area contributed by atoms with Crippen LogP contribution in [0.5, 0.6) is 0 Å². The van der Waals surface area contributed by atoms with E-state index in [9.17, 15) is 4.79 Å². The molecule has 5 nitrogen and oxygen atoms in total. The number of hydrogen-bond donors (Lipinski definition) is 3. The summed E-state index contributed by atoms with van der Waals surface area (Å²) >= 11 is 1.59. The third kappa shape index (κ3) is 4.51. The smallest absolute Gasteiger partial charge is 0.248 e. The lowest BCUT2D eigenvalue weighted by Crippen LogP contribution is -2.28. The Morgan fingerprint density at radius 2 is 2.14 bits per heavy atom. The van der Waals surface area contributed by atoms with Gasteiger partial charge in [0.25, 0.3) is 0 Å². The van der Waals surface area contributed by atoms with E-state index in [1.165, 1.54) is 10.3 Å². The third-order valence-electron chi connectivity index (χ3n) is 3.56. The lowest BCUT2D eigenvalue weighted by Gasteiger charge is -2.16. The molecule has 0 fully saturated rings. The van der Waals surface area contributed by atoms with Crippen LogP contribution in [0.1, 0.15) is 23.4 Å². The largest absolute Gasteiger partial charge is 0.309 e. The predicted octanol–water partition coefficient (Wildman–Crippen LogP) is 2.16. The van der Waals surface area contributed by atoms with Crippen LogP contribution >= 0.6 is 11.3 Å². The second-order valence-corrected chi connectivity index (χ2v) is 6.87. The molecule has 0 spiro atoms. The number of carbonyl (C=O) groups is 1. The van der Waals surface area contributed by atoms with Crippen LogP contribution in [0.25, 0.3) is 10.1 Å². The maximum Gasteiger partial charge on any atom is 0.248 e. The van der Waals surface area contributed by atoms with Gasteiger partial charge in [0.05, 0.1) is 6.42 Å². The molecule has 0 saturated carbocycles. The average molecular weight is 321 g/mol. The van der Waals surface area contributed by atoms with E-state index in [0.717, 1.165) is 23.4 Å². The highest BCUT2D eigenvalue weighted by Gasteiger charge is 2.10. The molecule has 1 unspecified atom stereocenters. The Hall–Kier alpha value is -1.47. The van der Waals surface area contributed by atoms with Gasteiger partial charge in [0.15, 0.2) is 0 Å². The third-order valence-corrected chi connectivity index (χ3v) is 4.66. The highest BCUT2D eigenvalue weighted by Crippen LogP contribution is 2.28. The summed E-state index contributed by atoms with van der Waals surface area (Å²) in [5, 5.41) is 13.2. The highest BCUT2D eigenvalue weighted by atomic mass is 32.1. The fourth-order valence-electron chi connectivity index (χ4n) is 2.28. The molecule has 0 bridgehead atoms. The summed E-state index contributed by atoms with van der Waals surface area (Å²) in [5.41, 5.74) is 2.92. The van der Waals surface area contributed by atoms with Crippen molar-refractivity contribution < 1.29 is 10.0 Å². The number of nitrogens with one attached hydrogen (secondary N) is 2. The van der Waals surface area contributed by atoms with Crippen LogP contribution in [0.3, 0.4) is 0 Å². The van der Waals surface area contributed by atoms with E-state index in [0.29, 0.717) is 0 Å². The Balaban J connectivity index is 2.07. The molecule has 0 radical (unpaired) electrons. The number of hydroxylamine groups is 1. The number of carbonyl (C=O) groups excluding carboxylic acids is 1. The van der Waals surface area contributed by atoms with Crippen molar-refractivity contribution in [2.24, 2.45) is 0 Å². The number of benzene rings is 1. The van der Waals surface area contributed by atoms with E-state index < -0.39 is 0 Å². The van der Waals surface area contributed by atoms with E-state index in [1.807, 2.05) is 6.07 Å². The maximum atomic E-state index is 11.2. The second-order valence-electron chi connectivity index (χ2n) is 5.70. The van der Waals surface area contributed by atoms with Gasteiger partial charge in [-0.1, -0.05) is 12.1 Å². The van der Waals surface area contributed by atoms with Crippen molar-refractivity contribution in [1.29, 1.82) is 0 Å². The van der Waals surface area contributed by atoms with Crippen molar-refractivity contribution in [3.63, 3.8) is 0 Å². The minimum Gasteiger partial charge on any atom is -0.309 e. The highest BCUT2D eigenvalue weighted by molar-refractivity contribution is 7.19. The first-order valence-electron chi connectivity index (χ1n) is 7.33. The summed E-state index contributed by atoms with van der Waals surface area (Å²) < 4.78 is 1.17. The van der Waals surface area contributed by atoms with Gasteiger partial charge >= 0.3 is 0 Å². The van der Waals surface area contributed by atoms with Gasteiger partial charge in [-0.25, -0.2) is 5.48 Å². The molecule has 22 heavy (non-hydrogen) atoms. The number of fused-ring (bicyclic) bond motifs is 1. The summed E-state index contributed by atoms with van der Waals surface area (Å²) in [6, 6.07) is 8.68. The minimum absolute atomic E-state index is 0.210. The molecule has 3 N–H and O–H groups in total. The maximum absolute atomic E-state index is 11.2. The first-order chi connectivity index (χ1) is 10.5. The SMILES string of the molecule is CC(NCCN(C)C)c1ccc2cc(CC(=O)NO)sc2c1. The lowest BCUT2D eigenvalue weighted by molar-refractivity contribution is -0.128. The molecule has 0 aliphatic heterocycles. The van der Waals surface area contributed by atoms with Gasteiger partial charge in [-0.3, -0.25) is 10.0 Å². The van der Waals surface area contributed by atoms with Gasteiger partial charge in [-0.15, -0.1) is 11.3 Å². The topological polar surface area (TPSA) is 64.6 Å². The fourth-order valence-corrected chi connectivity index (χ4v) is 3.39. The lowest BCUT2D eigenvalue weighted by atomic mass is 10.1. The Kier molecular flexibility index (Phi) is 5.90. The minimum atomic E-state index is -0.384. The molecule has 1 atom stereocenters. The zero-order valence-corrected chi connectivity index (χ0v) is 14.0. The van der Waals surface area contributed by atoms with Crippen LogP contribution in [0.2, 0.25) is 0 Å². The number of likely N-dealkylation sites (N-methyl/N-ethyl adjacent to an activating group) is 1. The van der Waals surface area contributed by atoms with Gasteiger partial charge < -0.3 is 10.2 Å². The second kappa shape index (κ2) is 7.69. The van der Waals surface area contributed by atoms with Crippen LogP contribution in [-0.2, 0) is 11.2 Å². The monoisotopic (exact) mass is 321 g/mol. The van der Waals surface area contributed by atoms with Crippen molar-refractivity contribution in [1.82, 2.24) is 15.7 Å². The summed E-state index contributed by atoms with van der Waals surface area (Å²) in [6.45, 7) is 4.11. The van der Waals surface area contributed by atoms with E-state index in [4.69, 9.17) is 5.21 Å². The summed E-state index contributed by atoms with van der Waals surface area (Å²) in [6.07, 6.45) is 0.210. The van der Waals surface area contributed by atoms with E-state index in [-0.39, 0.29) is 18.4 Å². The van der Waals surface area contributed by atoms with Crippen LogP contribution < -0.4 is 10.8 Å². The van der Waals surface area contributed by atoms with E-state index in [2.05, 4.69) is 49.4 Å². The molecule has 0 aliphatic rings. The molecule has 1 amide bonds. The number of amides is 1. The Labute approximate surface area is 134 Å². The van der Waals surface area contributed by atoms with Crippen molar-refractivity contribution in [3.8, 4) is 0 Å². The Morgan fingerprint density at radius 3 is 2.82 bits per heavy atom. The van der Waals surface area contributed by atoms with Crippen molar-refractivity contribution in [3.05, 3.63) is 34.7 Å². The standard InChI is InChI=1S/C16H23N3O2S/c1-11(17-6-7-19(2)3)12-4-5-13-8-14(10-16(20)18-21)22-15(13)9-12/h4-5,8-9,11,17,21H,6-7,10H2,1-3H3,(H,18,20). The van der Waals surface area contributed by atoms with Crippen molar-refractivity contribution in [2.45, 2.75) is 19.4 Å². The molecule has 0 saturated heterocycles. The van der Waals surface area contributed by atoms with Crippen LogP contribution in [0, 0.1) is 0 Å². The van der Waals surface area contributed by atoms with Gasteiger partial charge in [0, 0.05) is 28.7 Å². The summed E-state index contributed by atoms with van der Waals surface area (Å²) in [7, 11) is 4.13. The molecule has 1 aromatic heterocycles. The molecular weight excluding hydrogens is 298 g/mol. The number of hydrogen-bond acceptors (Lipinski definition) is 5. The Morgan fingerprint density at radius 1 is 1.36 bits per heavy atom. The van der Waals surface area contributed by atoms with Gasteiger partial charge in [0.1, 0.15) is 0 Å². The van der Waals surface area contributed by atoms with Crippen molar-refractivity contribution in [2.75, 3.05) is 27.2 Å². The normalized spacial score (nSPS) is 12.8. The molecule has 0 aliphatic carbocycles. The fraction of sp³-hybridized carbons (Fsp3) is 0.438. The molecule has 2 aromatic rings. The van der Waals surface area contributed by atoms with E-state index >= 15 is 0 Å². The molecule has 1 aromatic carbocycles. The zero-order valence-electron chi connectivity index (χ0n) is 13.2. The van der Waals surface area contributed by atoms with Crippen molar-refractivity contribution >= 4 is 27.3 Å². The molecule has 6 heteroatoms. The van der Waals surface area contributed by atoms with Gasteiger partial charge in [-0.2, -0.15) is 0 Å². The molecule has 120 valence electrons. The molecule has 1 heterocycles. The predicted molar refractivity (Wildman–Crippen MR) is 90.4 cm³/mol. The number of thiophene rings is 1. The van der Waals surface area contributed by atoms with Crippen LogP contribution in [0.15, 0.2) is 24.3 Å². The first-order valence-corrected chi connectivity index (χ1v) is 8.14. The average Bonchev–Trinajstić information content (AvgIpc) is 2.87. The zero-order chi connectivity index (χ0) is 16.1. The molecular formula is C16H23N3O2S. The number of nitrogens with zero attached hydrogens (tertiary/aromatic N) is 1. The quantitative estimate of drug-likeness (QED) is 0.540. The van der Waals surface area contributed by atoms with Crippen LogP contribution in [0.4, 0.5) is 0 Å². The summed E-state index contributed by atoms with van der Waals surface area (Å²) in [5.74, 6) is -0.384. The van der Waals surface area contributed by atoms with E-state index in [1.54, 1.807) is 16.8 Å². The van der Waals surface area contributed by atoms with Gasteiger partial charge in [0.2, 0.25) is 5.91 Å². The first kappa shape index (κ1) is 16.9. The molecule has 2 rings (SSSR count). The number of rotatable bonds is 7. The summed E-state index contributed by atoms with van der Waals surface area (Å²) in [4.78, 5) is 14.3. The Bertz CT molecular complexity index is 639.